The van der Waals surface area contributed by atoms with Gasteiger partial charge in [-0.2, -0.15) is 0 Å². The number of hydrogen-bond donors (Lipinski definition) is 2. The van der Waals surface area contributed by atoms with E-state index in [4.69, 9.17) is 10.5 Å². The smallest absolute Gasteiger partial charge is 0.409 e. The lowest BCUT2D eigenvalue weighted by atomic mass is 10.1. The number of likely N-dealkylation sites (tertiary alicyclic amines) is 1. The summed E-state index contributed by atoms with van der Waals surface area (Å²) < 4.78 is 6.08. The van der Waals surface area contributed by atoms with Crippen LogP contribution in [0.4, 0.5) is 4.79 Å². The Morgan fingerprint density at radius 1 is 1.44 bits per heavy atom. The highest BCUT2D eigenvalue weighted by Gasteiger charge is 2.23. The average molecular weight is 525 g/mol. The van der Waals surface area contributed by atoms with E-state index in [1.807, 2.05) is 19.1 Å². The first-order chi connectivity index (χ1) is 11.5. The number of ether oxygens (including phenoxy) is 1. The highest BCUT2D eigenvalue weighted by molar-refractivity contribution is 14.0. The van der Waals surface area contributed by atoms with E-state index < -0.39 is 0 Å². The molecule has 1 aromatic carbocycles. The second-order valence-electron chi connectivity index (χ2n) is 5.88. The van der Waals surface area contributed by atoms with Gasteiger partial charge in [0.2, 0.25) is 0 Å². The number of halogens is 2. The quantitative estimate of drug-likeness (QED) is 0.359. The number of nitrogens with two attached hydrogens (primary N) is 1. The number of nitrogens with zero attached hydrogens (tertiary/aromatic N) is 2. The first-order valence-electron chi connectivity index (χ1n) is 8.22. The maximum atomic E-state index is 11.7. The topological polar surface area (TPSA) is 80.0 Å². The predicted molar refractivity (Wildman–Crippen MR) is 114 cm³/mol. The van der Waals surface area contributed by atoms with E-state index in [0.717, 1.165) is 22.9 Å². The van der Waals surface area contributed by atoms with Crippen LogP contribution >= 0.6 is 39.9 Å². The van der Waals surface area contributed by atoms with Crippen LogP contribution in [0.1, 0.15) is 30.9 Å². The molecule has 1 aliphatic heterocycles. The normalized spacial score (nSPS) is 15.5. The van der Waals surface area contributed by atoms with Crippen LogP contribution in [0.25, 0.3) is 0 Å². The molecule has 6 nitrogen and oxygen atoms in total. The molecule has 0 saturated carbocycles. The Morgan fingerprint density at radius 3 is 2.72 bits per heavy atom. The van der Waals surface area contributed by atoms with Crippen molar-refractivity contribution < 1.29 is 9.53 Å². The highest BCUT2D eigenvalue weighted by atomic mass is 127. The van der Waals surface area contributed by atoms with Crippen LogP contribution in [-0.2, 0) is 11.3 Å². The van der Waals surface area contributed by atoms with Crippen LogP contribution in [0.2, 0.25) is 0 Å². The number of aryl methyl sites for hydroxylation is 1. The summed E-state index contributed by atoms with van der Waals surface area (Å²) >= 11 is 3.46. The van der Waals surface area contributed by atoms with Gasteiger partial charge in [0.1, 0.15) is 0 Å². The average Bonchev–Trinajstić information content (AvgIpc) is 2.55. The van der Waals surface area contributed by atoms with Crippen molar-refractivity contribution in [2.75, 3.05) is 19.7 Å². The van der Waals surface area contributed by atoms with E-state index in [1.54, 1.807) is 4.90 Å². The summed E-state index contributed by atoms with van der Waals surface area (Å²) in [6.07, 6.45) is 1.45. The van der Waals surface area contributed by atoms with E-state index in [1.165, 1.54) is 5.56 Å². The summed E-state index contributed by atoms with van der Waals surface area (Å²) in [7, 11) is 0. The molecule has 0 aliphatic carbocycles. The van der Waals surface area contributed by atoms with Crippen molar-refractivity contribution in [1.29, 1.82) is 0 Å². The Labute approximate surface area is 174 Å². The van der Waals surface area contributed by atoms with Crippen molar-refractivity contribution in [3.8, 4) is 0 Å². The van der Waals surface area contributed by atoms with Crippen LogP contribution in [0.5, 0.6) is 0 Å². The molecule has 0 bridgehead atoms. The predicted octanol–water partition coefficient (Wildman–Crippen LogP) is 3.40. The van der Waals surface area contributed by atoms with Gasteiger partial charge in [0.25, 0.3) is 0 Å². The summed E-state index contributed by atoms with van der Waals surface area (Å²) in [5, 5.41) is 3.25. The van der Waals surface area contributed by atoms with Crippen LogP contribution < -0.4 is 11.1 Å². The molecule has 3 N–H and O–H groups in total. The molecule has 1 saturated heterocycles. The molecule has 0 spiro atoms. The van der Waals surface area contributed by atoms with E-state index >= 15 is 0 Å². The van der Waals surface area contributed by atoms with Gasteiger partial charge in [0.05, 0.1) is 13.2 Å². The second kappa shape index (κ2) is 10.8. The van der Waals surface area contributed by atoms with Gasteiger partial charge in [-0.3, -0.25) is 0 Å². The van der Waals surface area contributed by atoms with Gasteiger partial charge < -0.3 is 20.7 Å². The van der Waals surface area contributed by atoms with Gasteiger partial charge in [-0.05, 0) is 49.9 Å². The molecule has 8 heteroatoms. The summed E-state index contributed by atoms with van der Waals surface area (Å²) in [6.45, 7) is 6.19. The number of rotatable bonds is 4. The molecule has 0 aromatic heterocycles. The summed E-state index contributed by atoms with van der Waals surface area (Å²) in [6, 6.07) is 6.37. The Morgan fingerprint density at radius 2 is 2.12 bits per heavy atom. The minimum absolute atomic E-state index is 0. The molecular formula is C17H26BrIN4O2. The standard InChI is InChI=1S/C17H25BrN4O2.HI/c1-3-24-17(23)22-8-6-15(7-9-22)21-16(19)20-11-13-4-5-14(18)10-12(13)2;/h4-5,10,15H,3,6-9,11H2,1-2H3,(H3,19,20,21);1H. The van der Waals surface area contributed by atoms with Crippen molar-refractivity contribution in [3.63, 3.8) is 0 Å². The van der Waals surface area contributed by atoms with Crippen molar-refractivity contribution >= 4 is 52.0 Å². The Bertz CT molecular complexity index is 604. The Balaban J connectivity index is 0.00000312. The third-order valence-corrected chi connectivity index (χ3v) is 4.59. The summed E-state index contributed by atoms with van der Waals surface area (Å²) in [5.74, 6) is 0.451. The first kappa shape index (κ1) is 22.0. The molecule has 1 fully saturated rings. The molecule has 140 valence electrons. The van der Waals surface area contributed by atoms with Gasteiger partial charge >= 0.3 is 6.09 Å². The molecule has 1 aliphatic rings. The molecule has 2 rings (SSSR count). The maximum Gasteiger partial charge on any atom is 0.409 e. The second-order valence-corrected chi connectivity index (χ2v) is 6.79. The molecule has 0 radical (unpaired) electrons. The van der Waals surface area contributed by atoms with Gasteiger partial charge in [-0.15, -0.1) is 24.0 Å². The van der Waals surface area contributed by atoms with Crippen LogP contribution in [0.3, 0.4) is 0 Å². The summed E-state index contributed by atoms with van der Waals surface area (Å²) in [5.41, 5.74) is 8.34. The lowest BCUT2D eigenvalue weighted by Crippen LogP contribution is -2.48. The van der Waals surface area contributed by atoms with Gasteiger partial charge in [-0.25, -0.2) is 9.79 Å². The van der Waals surface area contributed by atoms with Crippen LogP contribution in [-0.4, -0.2) is 42.7 Å². The zero-order chi connectivity index (χ0) is 17.5. The lowest BCUT2D eigenvalue weighted by Gasteiger charge is -2.31. The number of piperidine rings is 1. The molecule has 25 heavy (non-hydrogen) atoms. The first-order valence-corrected chi connectivity index (χ1v) is 9.02. The third kappa shape index (κ3) is 7.01. The number of amides is 1. The van der Waals surface area contributed by atoms with Crippen molar-refractivity contribution in [1.82, 2.24) is 10.2 Å². The van der Waals surface area contributed by atoms with Crippen LogP contribution in [0.15, 0.2) is 27.7 Å². The fourth-order valence-electron chi connectivity index (χ4n) is 2.68. The van der Waals surface area contributed by atoms with Crippen molar-refractivity contribution in [2.45, 2.75) is 39.3 Å². The van der Waals surface area contributed by atoms with Crippen LogP contribution in [0, 0.1) is 6.92 Å². The van der Waals surface area contributed by atoms with Crippen molar-refractivity contribution in [3.05, 3.63) is 33.8 Å². The minimum atomic E-state index is -0.233. The molecule has 1 heterocycles. The zero-order valence-corrected chi connectivity index (χ0v) is 18.5. The van der Waals surface area contributed by atoms with E-state index in [9.17, 15) is 4.79 Å². The SMILES string of the molecule is CCOC(=O)N1CCC(NC(N)=NCc2ccc(Br)cc2C)CC1.I. The number of benzene rings is 1. The fourth-order valence-corrected chi connectivity index (χ4v) is 3.16. The number of guanidine groups is 1. The Kier molecular flexibility index (Phi) is 9.55. The number of carbonyl (C=O) groups excluding carboxylic acids is 1. The molecule has 0 unspecified atom stereocenters. The van der Waals surface area contributed by atoms with E-state index in [0.29, 0.717) is 32.2 Å². The van der Waals surface area contributed by atoms with Gasteiger partial charge in [0, 0.05) is 23.6 Å². The molecule has 1 amide bonds. The third-order valence-electron chi connectivity index (χ3n) is 4.10. The Hall–Kier alpha value is -1.03. The lowest BCUT2D eigenvalue weighted by molar-refractivity contribution is 0.0963. The number of nitrogens with one attached hydrogen (secondary N) is 1. The molecule has 0 atom stereocenters. The number of aliphatic imine (C=N–C) groups is 1. The monoisotopic (exact) mass is 524 g/mol. The summed E-state index contributed by atoms with van der Waals surface area (Å²) in [4.78, 5) is 17.8. The number of hydrogen-bond acceptors (Lipinski definition) is 3. The van der Waals surface area contributed by atoms with Gasteiger partial charge in [0.15, 0.2) is 5.96 Å². The highest BCUT2D eigenvalue weighted by Crippen LogP contribution is 2.16. The van der Waals surface area contributed by atoms with E-state index in [2.05, 4.69) is 39.2 Å². The molecular weight excluding hydrogens is 499 g/mol. The molecule has 1 aromatic rings. The fraction of sp³-hybridized carbons (Fsp3) is 0.529. The zero-order valence-electron chi connectivity index (χ0n) is 14.6. The minimum Gasteiger partial charge on any atom is -0.450 e. The van der Waals surface area contributed by atoms with Crippen molar-refractivity contribution in [2.24, 2.45) is 10.7 Å². The van der Waals surface area contributed by atoms with Gasteiger partial charge in [-0.1, -0.05) is 22.0 Å². The largest absolute Gasteiger partial charge is 0.450 e. The van der Waals surface area contributed by atoms with E-state index in [-0.39, 0.29) is 36.1 Å². The maximum absolute atomic E-state index is 11.7. The number of carbonyl (C=O) groups is 1.